The number of thioether (sulfide) groups is 1. The molecular formula is C12H21N3OS. The van der Waals surface area contributed by atoms with Crippen molar-refractivity contribution in [3.05, 3.63) is 18.5 Å². The first-order chi connectivity index (χ1) is 8.08. The molecule has 0 saturated heterocycles. The Morgan fingerprint density at radius 3 is 2.65 bits per heavy atom. The summed E-state index contributed by atoms with van der Waals surface area (Å²) < 4.78 is 0. The Kier molecular flexibility index (Phi) is 6.29. The minimum atomic E-state index is -0.539. The lowest BCUT2D eigenvalue weighted by Gasteiger charge is -2.16. The van der Waals surface area contributed by atoms with Crippen LogP contribution in [0.25, 0.3) is 0 Å². The van der Waals surface area contributed by atoms with E-state index in [0.29, 0.717) is 5.95 Å². The molecule has 1 rings (SSSR count). The molecule has 0 aromatic carbocycles. The Morgan fingerprint density at radius 2 is 2.00 bits per heavy atom. The fraction of sp³-hybridized carbons (Fsp3) is 0.667. The van der Waals surface area contributed by atoms with E-state index in [9.17, 15) is 5.11 Å². The second kappa shape index (κ2) is 7.50. The van der Waals surface area contributed by atoms with Gasteiger partial charge >= 0.3 is 0 Å². The quantitative estimate of drug-likeness (QED) is 0.697. The number of nitrogens with one attached hydrogen (secondary N) is 1. The number of anilines is 1. The zero-order valence-electron chi connectivity index (χ0n) is 10.5. The molecule has 1 aromatic heterocycles. The van der Waals surface area contributed by atoms with Crippen LogP contribution >= 0.6 is 11.8 Å². The summed E-state index contributed by atoms with van der Waals surface area (Å²) in [5.74, 6) is 2.79. The molecule has 2 N–H and O–H groups in total. The molecule has 5 heteroatoms. The van der Waals surface area contributed by atoms with Gasteiger partial charge in [-0.1, -0.05) is 0 Å². The normalized spacial score (nSPS) is 11.5. The topological polar surface area (TPSA) is 58.0 Å². The summed E-state index contributed by atoms with van der Waals surface area (Å²) in [6.45, 7) is 4.59. The molecule has 0 atom stereocenters. The van der Waals surface area contributed by atoms with E-state index in [2.05, 4.69) is 15.3 Å². The van der Waals surface area contributed by atoms with Gasteiger partial charge in [0.05, 0.1) is 5.60 Å². The van der Waals surface area contributed by atoms with Crippen molar-refractivity contribution in [2.45, 2.75) is 32.3 Å². The molecule has 0 fully saturated rings. The zero-order valence-corrected chi connectivity index (χ0v) is 11.3. The summed E-state index contributed by atoms with van der Waals surface area (Å²) in [5, 5.41) is 12.7. The summed E-state index contributed by atoms with van der Waals surface area (Å²) in [5.41, 5.74) is -0.539. The van der Waals surface area contributed by atoms with Gasteiger partial charge in [0.15, 0.2) is 0 Å². The molecule has 96 valence electrons. The maximum Gasteiger partial charge on any atom is 0.222 e. The molecule has 0 bridgehead atoms. The molecule has 0 amide bonds. The third-order valence-corrected chi connectivity index (χ3v) is 3.24. The standard InChI is InChI=1S/C12H21N3OS/c1-12(2,16)5-10-17-9-4-8-15-11-13-6-3-7-14-11/h3,6-7,16H,4-5,8-10H2,1-2H3,(H,13,14,15). The Morgan fingerprint density at radius 1 is 1.29 bits per heavy atom. The number of aliphatic hydroxyl groups is 1. The van der Waals surface area contributed by atoms with Gasteiger partial charge < -0.3 is 10.4 Å². The third kappa shape index (κ3) is 7.99. The molecule has 0 aliphatic rings. The molecule has 0 saturated carbocycles. The molecule has 17 heavy (non-hydrogen) atoms. The van der Waals surface area contributed by atoms with Crippen LogP contribution in [0.1, 0.15) is 26.7 Å². The minimum absolute atomic E-state index is 0.539. The first-order valence-electron chi connectivity index (χ1n) is 5.89. The van der Waals surface area contributed by atoms with E-state index < -0.39 is 5.60 Å². The lowest BCUT2D eigenvalue weighted by molar-refractivity contribution is 0.0778. The van der Waals surface area contributed by atoms with E-state index in [1.807, 2.05) is 25.6 Å². The van der Waals surface area contributed by atoms with Crippen LogP contribution < -0.4 is 5.32 Å². The largest absolute Gasteiger partial charge is 0.390 e. The van der Waals surface area contributed by atoms with E-state index in [0.717, 1.165) is 30.9 Å². The van der Waals surface area contributed by atoms with Crippen molar-refractivity contribution in [2.75, 3.05) is 23.4 Å². The molecule has 0 radical (unpaired) electrons. The Bertz CT molecular complexity index is 300. The van der Waals surface area contributed by atoms with Crippen LogP contribution in [0.2, 0.25) is 0 Å². The average molecular weight is 255 g/mol. The van der Waals surface area contributed by atoms with Gasteiger partial charge in [-0.15, -0.1) is 0 Å². The van der Waals surface area contributed by atoms with E-state index in [1.165, 1.54) is 0 Å². The summed E-state index contributed by atoms with van der Waals surface area (Å²) in [6, 6.07) is 1.80. The van der Waals surface area contributed by atoms with Gasteiger partial charge in [-0.05, 0) is 44.3 Å². The zero-order chi connectivity index (χ0) is 12.6. The summed E-state index contributed by atoms with van der Waals surface area (Å²) in [6.07, 6.45) is 5.38. The monoisotopic (exact) mass is 255 g/mol. The van der Waals surface area contributed by atoms with Crippen molar-refractivity contribution in [3.8, 4) is 0 Å². The van der Waals surface area contributed by atoms with E-state index in [4.69, 9.17) is 0 Å². The highest BCUT2D eigenvalue weighted by Crippen LogP contribution is 2.13. The highest BCUT2D eigenvalue weighted by molar-refractivity contribution is 7.99. The number of hydrogen-bond acceptors (Lipinski definition) is 5. The van der Waals surface area contributed by atoms with Gasteiger partial charge in [0.1, 0.15) is 0 Å². The molecule has 4 nitrogen and oxygen atoms in total. The van der Waals surface area contributed by atoms with Gasteiger partial charge in [0.2, 0.25) is 5.95 Å². The van der Waals surface area contributed by atoms with Gasteiger partial charge in [-0.2, -0.15) is 11.8 Å². The summed E-state index contributed by atoms with van der Waals surface area (Å²) >= 11 is 1.87. The molecule has 0 aliphatic heterocycles. The number of hydrogen-bond donors (Lipinski definition) is 2. The number of nitrogens with zero attached hydrogens (tertiary/aromatic N) is 2. The van der Waals surface area contributed by atoms with Crippen LogP contribution in [-0.4, -0.2) is 38.7 Å². The van der Waals surface area contributed by atoms with Gasteiger partial charge in [0.25, 0.3) is 0 Å². The molecular weight excluding hydrogens is 234 g/mol. The van der Waals surface area contributed by atoms with E-state index in [-0.39, 0.29) is 0 Å². The van der Waals surface area contributed by atoms with Crippen molar-refractivity contribution in [1.29, 1.82) is 0 Å². The van der Waals surface area contributed by atoms with Crippen LogP contribution in [0.5, 0.6) is 0 Å². The van der Waals surface area contributed by atoms with E-state index in [1.54, 1.807) is 18.5 Å². The molecule has 0 spiro atoms. The van der Waals surface area contributed by atoms with Crippen LogP contribution in [0.3, 0.4) is 0 Å². The third-order valence-electron chi connectivity index (χ3n) is 2.17. The second-order valence-electron chi connectivity index (χ2n) is 4.53. The van der Waals surface area contributed by atoms with Crippen LogP contribution in [0.15, 0.2) is 18.5 Å². The van der Waals surface area contributed by atoms with Crippen LogP contribution in [-0.2, 0) is 0 Å². The van der Waals surface area contributed by atoms with Gasteiger partial charge in [0, 0.05) is 18.9 Å². The maximum absolute atomic E-state index is 9.53. The fourth-order valence-electron chi connectivity index (χ4n) is 1.19. The van der Waals surface area contributed by atoms with Crippen molar-refractivity contribution in [1.82, 2.24) is 9.97 Å². The van der Waals surface area contributed by atoms with E-state index >= 15 is 0 Å². The molecule has 0 unspecified atom stereocenters. The Balaban J connectivity index is 1.95. The van der Waals surface area contributed by atoms with Gasteiger partial charge in [-0.25, -0.2) is 9.97 Å². The molecule has 1 heterocycles. The van der Waals surface area contributed by atoms with Crippen molar-refractivity contribution < 1.29 is 5.11 Å². The lowest BCUT2D eigenvalue weighted by Crippen LogP contribution is -2.19. The Hall–Kier alpha value is -0.810. The SMILES string of the molecule is CC(C)(O)CCSCCCNc1ncccn1. The summed E-state index contributed by atoms with van der Waals surface area (Å²) in [4.78, 5) is 8.17. The molecule has 0 aliphatic carbocycles. The minimum Gasteiger partial charge on any atom is -0.390 e. The fourth-order valence-corrected chi connectivity index (χ4v) is 2.39. The smallest absolute Gasteiger partial charge is 0.222 e. The maximum atomic E-state index is 9.53. The predicted octanol–water partition coefficient (Wildman–Crippen LogP) is 2.17. The predicted molar refractivity (Wildman–Crippen MR) is 73.4 cm³/mol. The number of rotatable bonds is 8. The van der Waals surface area contributed by atoms with Gasteiger partial charge in [-0.3, -0.25) is 0 Å². The van der Waals surface area contributed by atoms with Crippen molar-refractivity contribution >= 4 is 17.7 Å². The highest BCUT2D eigenvalue weighted by atomic mass is 32.2. The van der Waals surface area contributed by atoms with Crippen molar-refractivity contribution in [2.24, 2.45) is 0 Å². The first-order valence-corrected chi connectivity index (χ1v) is 7.04. The molecule has 1 aromatic rings. The van der Waals surface area contributed by atoms with Crippen LogP contribution in [0.4, 0.5) is 5.95 Å². The first kappa shape index (κ1) is 14.3. The summed E-state index contributed by atoms with van der Waals surface area (Å²) in [7, 11) is 0. The average Bonchev–Trinajstić information content (AvgIpc) is 2.28. The number of aromatic nitrogens is 2. The van der Waals surface area contributed by atoms with Crippen LogP contribution in [0, 0.1) is 0 Å². The van der Waals surface area contributed by atoms with Crippen molar-refractivity contribution in [3.63, 3.8) is 0 Å². The Labute approximate surface area is 107 Å². The highest BCUT2D eigenvalue weighted by Gasteiger charge is 2.10. The lowest BCUT2D eigenvalue weighted by atomic mass is 10.1. The second-order valence-corrected chi connectivity index (χ2v) is 5.75.